The Kier molecular flexibility index (Phi) is 10.1. The first kappa shape index (κ1) is 22.5. The van der Waals surface area contributed by atoms with E-state index in [0.717, 1.165) is 64.9 Å². The minimum absolute atomic E-state index is 0.844. The van der Waals surface area contributed by atoms with Crippen LogP contribution in [0.15, 0.2) is 29.3 Å². The molecule has 0 atom stereocenters. The summed E-state index contributed by atoms with van der Waals surface area (Å²) in [4.78, 5) is 12.2. The molecule has 1 aromatic rings. The molecule has 0 amide bonds. The Morgan fingerprint density at radius 3 is 2.46 bits per heavy atom. The van der Waals surface area contributed by atoms with Crippen molar-refractivity contribution in [3.8, 4) is 0 Å². The van der Waals surface area contributed by atoms with E-state index in [1.807, 2.05) is 0 Å². The van der Waals surface area contributed by atoms with Crippen LogP contribution in [0.25, 0.3) is 0 Å². The molecule has 0 spiro atoms. The quantitative estimate of drug-likeness (QED) is 0.474. The first-order valence-electron chi connectivity index (χ1n) is 10.9. The van der Waals surface area contributed by atoms with Crippen LogP contribution in [0.4, 0.5) is 5.69 Å². The van der Waals surface area contributed by atoms with Crippen molar-refractivity contribution in [1.82, 2.24) is 20.4 Å². The van der Waals surface area contributed by atoms with Crippen LogP contribution in [0.5, 0.6) is 0 Å². The third kappa shape index (κ3) is 7.68. The van der Waals surface area contributed by atoms with E-state index in [1.165, 1.54) is 24.3 Å². The summed E-state index contributed by atoms with van der Waals surface area (Å²) in [5.41, 5.74) is 2.59. The topological polar surface area (TPSA) is 46.1 Å². The van der Waals surface area contributed by atoms with E-state index in [0.29, 0.717) is 0 Å². The molecule has 158 valence electrons. The first-order chi connectivity index (χ1) is 13.7. The molecule has 2 N–H and O–H groups in total. The molecule has 6 nitrogen and oxygen atoms in total. The Bertz CT molecular complexity index is 580. The molecule has 28 heavy (non-hydrogen) atoms. The van der Waals surface area contributed by atoms with Crippen LogP contribution in [-0.2, 0) is 0 Å². The van der Waals surface area contributed by atoms with Crippen LogP contribution < -0.4 is 15.5 Å². The number of aliphatic imine (C=N–C) groups is 1. The van der Waals surface area contributed by atoms with Crippen molar-refractivity contribution >= 4 is 11.6 Å². The van der Waals surface area contributed by atoms with Gasteiger partial charge >= 0.3 is 0 Å². The number of likely N-dealkylation sites (N-methyl/N-ethyl adjacent to an activating group) is 2. The summed E-state index contributed by atoms with van der Waals surface area (Å²) in [6, 6.07) is 8.72. The zero-order chi connectivity index (χ0) is 20.2. The van der Waals surface area contributed by atoms with Crippen molar-refractivity contribution in [3.63, 3.8) is 0 Å². The maximum atomic E-state index is 4.78. The van der Waals surface area contributed by atoms with Gasteiger partial charge in [-0.3, -0.25) is 9.89 Å². The van der Waals surface area contributed by atoms with E-state index in [4.69, 9.17) is 4.99 Å². The van der Waals surface area contributed by atoms with Gasteiger partial charge in [-0.25, -0.2) is 0 Å². The zero-order valence-corrected chi connectivity index (χ0v) is 18.4. The van der Waals surface area contributed by atoms with Crippen molar-refractivity contribution in [1.29, 1.82) is 0 Å². The largest absolute Gasteiger partial charge is 0.370 e. The summed E-state index contributed by atoms with van der Waals surface area (Å²) in [7, 11) is 0. The van der Waals surface area contributed by atoms with Crippen LogP contribution in [-0.4, -0.2) is 87.8 Å². The van der Waals surface area contributed by atoms with Gasteiger partial charge in [0, 0.05) is 64.6 Å². The summed E-state index contributed by atoms with van der Waals surface area (Å²) < 4.78 is 0. The number of piperazine rings is 1. The van der Waals surface area contributed by atoms with E-state index in [1.54, 1.807) is 0 Å². The average molecular weight is 389 g/mol. The molecular weight excluding hydrogens is 348 g/mol. The van der Waals surface area contributed by atoms with Gasteiger partial charge in [-0.15, -0.1) is 0 Å². The van der Waals surface area contributed by atoms with Crippen LogP contribution in [0.1, 0.15) is 26.3 Å². The summed E-state index contributed by atoms with van der Waals surface area (Å²) in [5.74, 6) is 0.926. The second-order valence-electron chi connectivity index (χ2n) is 7.38. The molecule has 0 bridgehead atoms. The highest BCUT2D eigenvalue weighted by Gasteiger charge is 2.14. The lowest BCUT2D eigenvalue weighted by atomic mass is 10.2. The standard InChI is InChI=1S/C22H40N6/c1-5-23-22(24-11-13-27-17-15-26(6-2)16-18-27)25-12-14-28(7-3)21-10-8-9-20(4)19-21/h8-10,19H,5-7,11-18H2,1-4H3,(H2,23,24,25). The summed E-state index contributed by atoms with van der Waals surface area (Å²) in [6.07, 6.45) is 0. The molecular formula is C22H40N6. The molecule has 0 radical (unpaired) electrons. The fourth-order valence-electron chi connectivity index (χ4n) is 3.58. The van der Waals surface area contributed by atoms with Crippen molar-refractivity contribution in [3.05, 3.63) is 29.8 Å². The first-order valence-corrected chi connectivity index (χ1v) is 10.9. The predicted octanol–water partition coefficient (Wildman–Crippen LogP) is 2.01. The average Bonchev–Trinajstić information content (AvgIpc) is 2.71. The van der Waals surface area contributed by atoms with Crippen LogP contribution in [0.3, 0.4) is 0 Å². The molecule has 1 aliphatic heterocycles. The Labute approximate surface area is 172 Å². The van der Waals surface area contributed by atoms with Crippen LogP contribution in [0.2, 0.25) is 0 Å². The van der Waals surface area contributed by atoms with Crippen molar-refractivity contribution in [2.24, 2.45) is 4.99 Å². The van der Waals surface area contributed by atoms with Crippen LogP contribution in [0, 0.1) is 6.92 Å². The maximum Gasteiger partial charge on any atom is 0.191 e. The van der Waals surface area contributed by atoms with Crippen molar-refractivity contribution in [2.75, 3.05) is 76.9 Å². The number of rotatable bonds is 10. The van der Waals surface area contributed by atoms with Gasteiger partial charge in [0.1, 0.15) is 0 Å². The predicted molar refractivity (Wildman–Crippen MR) is 122 cm³/mol. The molecule has 2 rings (SSSR count). The molecule has 0 aromatic heterocycles. The molecule has 0 saturated carbocycles. The second-order valence-corrected chi connectivity index (χ2v) is 7.38. The summed E-state index contributed by atoms with van der Waals surface area (Å²) in [6.45, 7) is 20.2. The minimum atomic E-state index is 0.844. The monoisotopic (exact) mass is 388 g/mol. The third-order valence-electron chi connectivity index (χ3n) is 5.37. The third-order valence-corrected chi connectivity index (χ3v) is 5.37. The lowest BCUT2D eigenvalue weighted by Crippen LogP contribution is -2.47. The summed E-state index contributed by atoms with van der Waals surface area (Å²) in [5, 5.41) is 6.87. The van der Waals surface area contributed by atoms with Gasteiger partial charge in [-0.2, -0.15) is 0 Å². The molecule has 0 unspecified atom stereocenters. The fourth-order valence-corrected chi connectivity index (χ4v) is 3.58. The fraction of sp³-hybridized carbons (Fsp3) is 0.682. The number of anilines is 1. The van der Waals surface area contributed by atoms with E-state index >= 15 is 0 Å². The molecule has 0 aliphatic carbocycles. The number of nitrogens with one attached hydrogen (secondary N) is 2. The smallest absolute Gasteiger partial charge is 0.191 e. The number of benzene rings is 1. The highest BCUT2D eigenvalue weighted by Crippen LogP contribution is 2.14. The molecule has 1 saturated heterocycles. The zero-order valence-electron chi connectivity index (χ0n) is 18.4. The number of aryl methyl sites for hydroxylation is 1. The number of nitrogens with zero attached hydrogens (tertiary/aromatic N) is 4. The Morgan fingerprint density at radius 2 is 1.82 bits per heavy atom. The van der Waals surface area contributed by atoms with E-state index in [-0.39, 0.29) is 0 Å². The van der Waals surface area contributed by atoms with Gasteiger partial charge in [-0.1, -0.05) is 19.1 Å². The lowest BCUT2D eigenvalue weighted by molar-refractivity contribution is 0.140. The number of hydrogen-bond donors (Lipinski definition) is 2. The van der Waals surface area contributed by atoms with Gasteiger partial charge in [0.2, 0.25) is 0 Å². The van der Waals surface area contributed by atoms with Gasteiger partial charge in [0.05, 0.1) is 6.54 Å². The Balaban J connectivity index is 1.76. The van der Waals surface area contributed by atoms with Crippen LogP contribution >= 0.6 is 0 Å². The maximum absolute atomic E-state index is 4.78. The highest BCUT2D eigenvalue weighted by molar-refractivity contribution is 5.79. The highest BCUT2D eigenvalue weighted by atomic mass is 15.3. The van der Waals surface area contributed by atoms with Gasteiger partial charge in [0.15, 0.2) is 5.96 Å². The molecule has 1 aromatic carbocycles. The van der Waals surface area contributed by atoms with Gasteiger partial charge < -0.3 is 20.4 Å². The van der Waals surface area contributed by atoms with Gasteiger partial charge in [-0.05, 0) is 45.0 Å². The normalized spacial score (nSPS) is 16.2. The Morgan fingerprint density at radius 1 is 1.07 bits per heavy atom. The Hall–Kier alpha value is -1.79. The molecule has 1 heterocycles. The number of hydrogen-bond acceptors (Lipinski definition) is 4. The number of guanidine groups is 1. The van der Waals surface area contributed by atoms with Crippen molar-refractivity contribution in [2.45, 2.75) is 27.7 Å². The van der Waals surface area contributed by atoms with E-state index < -0.39 is 0 Å². The molecule has 1 fully saturated rings. The lowest BCUT2D eigenvalue weighted by Gasteiger charge is -2.33. The van der Waals surface area contributed by atoms with E-state index in [2.05, 4.69) is 77.3 Å². The van der Waals surface area contributed by atoms with Crippen molar-refractivity contribution < 1.29 is 0 Å². The SMILES string of the molecule is CCNC(=NCCN1CCN(CC)CC1)NCCN(CC)c1cccc(C)c1. The van der Waals surface area contributed by atoms with E-state index in [9.17, 15) is 0 Å². The molecule has 6 heteroatoms. The second kappa shape index (κ2) is 12.6. The van der Waals surface area contributed by atoms with Gasteiger partial charge in [0.25, 0.3) is 0 Å². The molecule has 1 aliphatic rings. The summed E-state index contributed by atoms with van der Waals surface area (Å²) >= 11 is 0. The minimum Gasteiger partial charge on any atom is -0.370 e.